The summed E-state index contributed by atoms with van der Waals surface area (Å²) in [6, 6.07) is 5.82. The maximum absolute atomic E-state index is 12.6. The molecule has 1 amide bonds. The van der Waals surface area contributed by atoms with Gasteiger partial charge in [0.15, 0.2) is 11.2 Å². The number of rotatable bonds is 2. The third-order valence-corrected chi connectivity index (χ3v) is 5.08. The van der Waals surface area contributed by atoms with Crippen molar-refractivity contribution in [3.8, 4) is 0 Å². The summed E-state index contributed by atoms with van der Waals surface area (Å²) in [5.74, 6) is 0.382. The Morgan fingerprint density at radius 3 is 2.80 bits per heavy atom. The second-order valence-corrected chi connectivity index (χ2v) is 7.10. The van der Waals surface area contributed by atoms with Crippen LogP contribution in [-0.4, -0.2) is 31.8 Å². The van der Waals surface area contributed by atoms with Crippen molar-refractivity contribution in [1.82, 2.24) is 25.1 Å². The van der Waals surface area contributed by atoms with E-state index >= 15 is 0 Å². The summed E-state index contributed by atoms with van der Waals surface area (Å²) in [4.78, 5) is 27.9. The SMILES string of the molecule is Cc1ccc2c(c1)[nH]c(=O)c1c(C(=O)NC3CCC(C)CC3)nnn12. The van der Waals surface area contributed by atoms with Gasteiger partial charge in [0.1, 0.15) is 0 Å². The van der Waals surface area contributed by atoms with Crippen molar-refractivity contribution in [2.45, 2.75) is 45.6 Å². The lowest BCUT2D eigenvalue weighted by molar-refractivity contribution is 0.0919. The number of benzene rings is 1. The van der Waals surface area contributed by atoms with Crippen molar-refractivity contribution in [3.05, 3.63) is 39.8 Å². The van der Waals surface area contributed by atoms with Crippen molar-refractivity contribution in [2.24, 2.45) is 5.92 Å². The van der Waals surface area contributed by atoms with Crippen LogP contribution in [-0.2, 0) is 0 Å². The summed E-state index contributed by atoms with van der Waals surface area (Å²) in [7, 11) is 0. The van der Waals surface area contributed by atoms with E-state index in [1.165, 1.54) is 4.52 Å². The van der Waals surface area contributed by atoms with E-state index in [-0.39, 0.29) is 28.7 Å². The number of carbonyl (C=O) groups is 1. The van der Waals surface area contributed by atoms with Gasteiger partial charge in [-0.2, -0.15) is 0 Å². The number of fused-ring (bicyclic) bond motifs is 3. The summed E-state index contributed by atoms with van der Waals surface area (Å²) in [5.41, 5.74) is 2.35. The minimum Gasteiger partial charge on any atom is -0.348 e. The van der Waals surface area contributed by atoms with E-state index in [1.54, 1.807) is 0 Å². The molecule has 130 valence electrons. The highest BCUT2D eigenvalue weighted by atomic mass is 16.2. The molecule has 1 aliphatic carbocycles. The third kappa shape index (κ3) is 2.79. The average molecular weight is 339 g/mol. The van der Waals surface area contributed by atoms with Gasteiger partial charge < -0.3 is 10.3 Å². The lowest BCUT2D eigenvalue weighted by atomic mass is 9.87. The Morgan fingerprint density at radius 1 is 1.28 bits per heavy atom. The summed E-state index contributed by atoms with van der Waals surface area (Å²) in [6.45, 7) is 4.18. The van der Waals surface area contributed by atoms with Gasteiger partial charge in [0.2, 0.25) is 0 Å². The van der Waals surface area contributed by atoms with Crippen molar-refractivity contribution < 1.29 is 4.79 Å². The van der Waals surface area contributed by atoms with E-state index in [9.17, 15) is 9.59 Å². The maximum Gasteiger partial charge on any atom is 0.277 e. The minimum absolute atomic E-state index is 0.0855. The second kappa shape index (κ2) is 5.98. The maximum atomic E-state index is 12.6. The number of hydrogen-bond donors (Lipinski definition) is 2. The number of nitrogens with one attached hydrogen (secondary N) is 2. The molecule has 4 rings (SSSR count). The van der Waals surface area contributed by atoms with Crippen molar-refractivity contribution in [2.75, 3.05) is 0 Å². The van der Waals surface area contributed by atoms with Crippen molar-refractivity contribution in [1.29, 1.82) is 0 Å². The Bertz CT molecular complexity index is 1010. The van der Waals surface area contributed by atoms with Gasteiger partial charge in [0.25, 0.3) is 11.5 Å². The molecule has 2 N–H and O–H groups in total. The van der Waals surface area contributed by atoms with E-state index < -0.39 is 0 Å². The molecule has 1 aromatic carbocycles. The zero-order chi connectivity index (χ0) is 17.6. The van der Waals surface area contributed by atoms with Gasteiger partial charge in [-0.15, -0.1) is 5.10 Å². The van der Waals surface area contributed by atoms with Gasteiger partial charge in [0.05, 0.1) is 11.0 Å². The van der Waals surface area contributed by atoms with Crippen LogP contribution in [0, 0.1) is 12.8 Å². The number of hydrogen-bond acceptors (Lipinski definition) is 4. The molecule has 25 heavy (non-hydrogen) atoms. The molecule has 1 aliphatic rings. The molecule has 7 nitrogen and oxygen atoms in total. The van der Waals surface area contributed by atoms with Gasteiger partial charge >= 0.3 is 0 Å². The van der Waals surface area contributed by atoms with Gasteiger partial charge in [-0.1, -0.05) is 18.2 Å². The average Bonchev–Trinajstić information content (AvgIpc) is 3.02. The Labute approximate surface area is 144 Å². The fourth-order valence-electron chi connectivity index (χ4n) is 3.58. The Morgan fingerprint density at radius 2 is 2.04 bits per heavy atom. The van der Waals surface area contributed by atoms with E-state index in [4.69, 9.17) is 0 Å². The highest BCUT2D eigenvalue weighted by molar-refractivity contribution is 5.99. The predicted octanol–water partition coefficient (Wildman–Crippen LogP) is 2.19. The number of H-pyrrole nitrogens is 1. The predicted molar refractivity (Wildman–Crippen MR) is 94.7 cm³/mol. The topological polar surface area (TPSA) is 92.1 Å². The lowest BCUT2D eigenvalue weighted by Crippen LogP contribution is -2.38. The number of nitrogens with zero attached hydrogens (tertiary/aromatic N) is 3. The smallest absolute Gasteiger partial charge is 0.277 e. The van der Waals surface area contributed by atoms with Crippen molar-refractivity contribution in [3.63, 3.8) is 0 Å². The van der Waals surface area contributed by atoms with Crippen LogP contribution >= 0.6 is 0 Å². The van der Waals surface area contributed by atoms with E-state index in [0.29, 0.717) is 11.4 Å². The Kier molecular flexibility index (Phi) is 3.78. The summed E-state index contributed by atoms with van der Waals surface area (Å²) in [5, 5.41) is 11.1. The van der Waals surface area contributed by atoms with Gasteiger partial charge in [-0.25, -0.2) is 4.52 Å². The first-order chi connectivity index (χ1) is 12.0. The molecule has 0 atom stereocenters. The molecule has 0 saturated heterocycles. The first-order valence-electron chi connectivity index (χ1n) is 8.72. The number of aromatic amines is 1. The molecule has 0 unspecified atom stereocenters. The molecule has 2 heterocycles. The van der Waals surface area contributed by atoms with Crippen LogP contribution in [0.2, 0.25) is 0 Å². The van der Waals surface area contributed by atoms with Crippen LogP contribution in [0.3, 0.4) is 0 Å². The largest absolute Gasteiger partial charge is 0.348 e. The van der Waals surface area contributed by atoms with Crippen LogP contribution in [0.25, 0.3) is 16.6 Å². The molecule has 1 saturated carbocycles. The molecular formula is C18H21N5O2. The van der Waals surface area contributed by atoms with Crippen LogP contribution in [0.4, 0.5) is 0 Å². The highest BCUT2D eigenvalue weighted by Crippen LogP contribution is 2.23. The number of amides is 1. The summed E-state index contributed by atoms with van der Waals surface area (Å²) >= 11 is 0. The van der Waals surface area contributed by atoms with Crippen LogP contribution in [0.15, 0.2) is 23.0 Å². The first kappa shape index (κ1) is 15.8. The molecule has 0 radical (unpaired) electrons. The monoisotopic (exact) mass is 339 g/mol. The molecule has 0 spiro atoms. The number of aryl methyl sites for hydroxylation is 1. The van der Waals surface area contributed by atoms with Crippen molar-refractivity contribution >= 4 is 22.5 Å². The van der Waals surface area contributed by atoms with Gasteiger partial charge in [-0.3, -0.25) is 9.59 Å². The van der Waals surface area contributed by atoms with Gasteiger partial charge in [0, 0.05) is 6.04 Å². The fourth-order valence-corrected chi connectivity index (χ4v) is 3.58. The Hall–Kier alpha value is -2.70. The molecule has 0 aliphatic heterocycles. The molecule has 3 aromatic rings. The lowest BCUT2D eigenvalue weighted by Gasteiger charge is -2.26. The molecule has 2 aromatic heterocycles. The molecule has 7 heteroatoms. The summed E-state index contributed by atoms with van der Waals surface area (Å²) in [6.07, 6.45) is 4.14. The van der Waals surface area contributed by atoms with E-state index in [0.717, 1.165) is 36.8 Å². The third-order valence-electron chi connectivity index (χ3n) is 5.08. The zero-order valence-corrected chi connectivity index (χ0v) is 14.4. The molecule has 0 bridgehead atoms. The first-order valence-corrected chi connectivity index (χ1v) is 8.72. The van der Waals surface area contributed by atoms with Crippen LogP contribution in [0.1, 0.15) is 48.7 Å². The second-order valence-electron chi connectivity index (χ2n) is 7.10. The van der Waals surface area contributed by atoms with Crippen LogP contribution in [0.5, 0.6) is 0 Å². The Balaban J connectivity index is 1.72. The molecule has 1 fully saturated rings. The number of carbonyl (C=O) groups excluding carboxylic acids is 1. The van der Waals surface area contributed by atoms with Gasteiger partial charge in [-0.05, 0) is 56.2 Å². The quantitative estimate of drug-likeness (QED) is 0.748. The minimum atomic E-state index is -0.356. The standard InChI is InChI=1S/C18H21N5O2/c1-10-3-6-12(7-4-10)19-17(24)15-16-18(25)20-13-9-11(2)5-8-14(13)23(16)22-21-15/h5,8-10,12H,3-4,6-7H2,1-2H3,(H,19,24)(H,20,25). The number of aromatic nitrogens is 4. The van der Waals surface area contributed by atoms with Crippen LogP contribution < -0.4 is 10.9 Å². The normalized spacial score (nSPS) is 20.9. The highest BCUT2D eigenvalue weighted by Gasteiger charge is 2.24. The zero-order valence-electron chi connectivity index (χ0n) is 14.4. The fraction of sp³-hybridized carbons (Fsp3) is 0.444. The van der Waals surface area contributed by atoms with E-state index in [1.807, 2.05) is 25.1 Å². The summed E-state index contributed by atoms with van der Waals surface area (Å²) < 4.78 is 1.45. The van der Waals surface area contributed by atoms with E-state index in [2.05, 4.69) is 27.5 Å². The molecular weight excluding hydrogens is 318 g/mol.